The maximum atomic E-state index is 12.8. The van der Waals surface area contributed by atoms with Gasteiger partial charge in [-0.25, -0.2) is 4.98 Å². The zero-order valence-electron chi connectivity index (χ0n) is 17.9. The number of nitrogens with one attached hydrogen (secondary N) is 1. The summed E-state index contributed by atoms with van der Waals surface area (Å²) in [7, 11) is 1.63. The van der Waals surface area contributed by atoms with E-state index in [1.54, 1.807) is 7.11 Å². The minimum absolute atomic E-state index is 0.00167. The second-order valence-corrected chi connectivity index (χ2v) is 8.85. The number of carbonyl (C=O) groups is 1. The third-order valence-electron chi connectivity index (χ3n) is 5.76. The lowest BCUT2D eigenvalue weighted by Gasteiger charge is -2.29. The first kappa shape index (κ1) is 20.4. The number of methoxy groups -OCH3 is 1. The van der Waals surface area contributed by atoms with E-state index in [0.717, 1.165) is 27.1 Å². The van der Waals surface area contributed by atoms with E-state index in [9.17, 15) is 4.79 Å². The average Bonchev–Trinajstić information content (AvgIpc) is 3.46. The summed E-state index contributed by atoms with van der Waals surface area (Å²) in [5.74, 6) is 1.29. The molecule has 0 radical (unpaired) electrons. The molecule has 2 aromatic heterocycles. The van der Waals surface area contributed by atoms with E-state index < -0.39 is 0 Å². The van der Waals surface area contributed by atoms with Crippen molar-refractivity contribution in [1.82, 2.24) is 15.1 Å². The number of nitrogens with zero attached hydrogens (tertiary/aromatic N) is 4. The van der Waals surface area contributed by atoms with Crippen molar-refractivity contribution in [3.05, 3.63) is 48.0 Å². The van der Waals surface area contributed by atoms with Crippen molar-refractivity contribution in [1.29, 1.82) is 0 Å². The molecule has 0 unspecified atom stereocenters. The van der Waals surface area contributed by atoms with Crippen molar-refractivity contribution in [2.24, 2.45) is 5.92 Å². The van der Waals surface area contributed by atoms with E-state index in [2.05, 4.69) is 20.4 Å². The molecule has 8 nitrogen and oxygen atoms in total. The highest BCUT2D eigenvalue weighted by Gasteiger charge is 2.28. The molecule has 1 aliphatic rings. The molecule has 3 heterocycles. The highest BCUT2D eigenvalue weighted by atomic mass is 32.1. The summed E-state index contributed by atoms with van der Waals surface area (Å²) in [5.41, 5.74) is 2.91. The minimum atomic E-state index is -0.0773. The van der Waals surface area contributed by atoms with Gasteiger partial charge in [-0.1, -0.05) is 40.8 Å². The van der Waals surface area contributed by atoms with Crippen molar-refractivity contribution in [3.63, 3.8) is 0 Å². The lowest BCUT2D eigenvalue weighted by atomic mass is 9.96. The fourth-order valence-corrected chi connectivity index (χ4v) is 4.80. The van der Waals surface area contributed by atoms with Crippen molar-refractivity contribution < 1.29 is 14.1 Å². The summed E-state index contributed by atoms with van der Waals surface area (Å²) in [6.45, 7) is 3.40. The molecule has 2 aromatic carbocycles. The summed E-state index contributed by atoms with van der Waals surface area (Å²) in [6, 6.07) is 14.2. The molecular formula is C23H23N5O3S. The van der Waals surface area contributed by atoms with Gasteiger partial charge in [0.25, 0.3) is 0 Å². The zero-order chi connectivity index (χ0) is 22.1. The number of anilines is 2. The molecule has 4 aromatic rings. The van der Waals surface area contributed by atoms with Crippen LogP contribution in [0, 0.1) is 12.8 Å². The fraction of sp³-hybridized carbons (Fsp3) is 0.304. The summed E-state index contributed by atoms with van der Waals surface area (Å²) < 4.78 is 11.7. The van der Waals surface area contributed by atoms with Crippen molar-refractivity contribution in [2.75, 3.05) is 30.4 Å². The van der Waals surface area contributed by atoms with E-state index in [-0.39, 0.29) is 11.8 Å². The van der Waals surface area contributed by atoms with Crippen LogP contribution in [0.5, 0.6) is 5.75 Å². The third kappa shape index (κ3) is 4.03. The molecule has 1 aliphatic heterocycles. The Hall–Kier alpha value is -3.46. The van der Waals surface area contributed by atoms with Crippen LogP contribution in [0.15, 0.2) is 47.0 Å². The predicted octanol–water partition coefficient (Wildman–Crippen LogP) is 4.52. The van der Waals surface area contributed by atoms with Gasteiger partial charge >= 0.3 is 6.01 Å². The van der Waals surface area contributed by atoms with E-state index in [0.29, 0.717) is 42.9 Å². The lowest BCUT2D eigenvalue weighted by Crippen LogP contribution is -2.38. The molecule has 0 saturated carbocycles. The summed E-state index contributed by atoms with van der Waals surface area (Å²) in [6.07, 6.45) is 1.43. The standard InChI is InChI=1S/C23H23N5O3S/c1-14-5-3-4-6-17(14)20-25-23(31-27-20)28-11-9-15(10-12-28)21(29)26-22-24-18-8-7-16(30-2)13-19(18)32-22/h3-8,13,15H,9-12H2,1-2H3,(H,24,26,29). The highest BCUT2D eigenvalue weighted by molar-refractivity contribution is 7.22. The van der Waals surface area contributed by atoms with Crippen LogP contribution in [0.2, 0.25) is 0 Å². The molecule has 1 amide bonds. The van der Waals surface area contributed by atoms with Gasteiger partial charge in [-0.3, -0.25) is 4.79 Å². The Morgan fingerprint density at radius 2 is 2.00 bits per heavy atom. The number of aryl methyl sites for hydroxylation is 1. The molecule has 0 bridgehead atoms. The lowest BCUT2D eigenvalue weighted by molar-refractivity contribution is -0.120. The number of piperidine rings is 1. The first-order valence-corrected chi connectivity index (χ1v) is 11.3. The van der Waals surface area contributed by atoms with E-state index >= 15 is 0 Å². The topological polar surface area (TPSA) is 93.4 Å². The van der Waals surface area contributed by atoms with Crippen molar-refractivity contribution in [3.8, 4) is 17.1 Å². The van der Waals surface area contributed by atoms with Gasteiger partial charge in [0.05, 0.1) is 17.3 Å². The first-order valence-electron chi connectivity index (χ1n) is 10.5. The Bertz CT molecular complexity index is 1260. The zero-order valence-corrected chi connectivity index (χ0v) is 18.7. The molecule has 164 valence electrons. The maximum Gasteiger partial charge on any atom is 0.324 e. The van der Waals surface area contributed by atoms with Crippen LogP contribution in [-0.2, 0) is 4.79 Å². The van der Waals surface area contributed by atoms with Gasteiger partial charge in [0, 0.05) is 24.6 Å². The van der Waals surface area contributed by atoms with Crippen LogP contribution in [-0.4, -0.2) is 41.2 Å². The molecule has 1 saturated heterocycles. The summed E-state index contributed by atoms with van der Waals surface area (Å²) in [4.78, 5) is 23.9. The van der Waals surface area contributed by atoms with Crippen LogP contribution in [0.1, 0.15) is 18.4 Å². The van der Waals surface area contributed by atoms with Crippen LogP contribution in [0.25, 0.3) is 21.6 Å². The summed E-state index contributed by atoms with van der Waals surface area (Å²) in [5, 5.41) is 7.74. The van der Waals surface area contributed by atoms with Crippen molar-refractivity contribution in [2.45, 2.75) is 19.8 Å². The number of fused-ring (bicyclic) bond motifs is 1. The Morgan fingerprint density at radius 3 is 2.78 bits per heavy atom. The highest BCUT2D eigenvalue weighted by Crippen LogP contribution is 2.31. The Morgan fingerprint density at radius 1 is 1.19 bits per heavy atom. The predicted molar refractivity (Wildman–Crippen MR) is 124 cm³/mol. The number of carbonyl (C=O) groups excluding carboxylic acids is 1. The number of rotatable bonds is 5. The van der Waals surface area contributed by atoms with Crippen LogP contribution in [0.4, 0.5) is 11.1 Å². The number of ether oxygens (including phenoxy) is 1. The second-order valence-electron chi connectivity index (χ2n) is 7.82. The van der Waals surface area contributed by atoms with Gasteiger partial charge in [-0.15, -0.1) is 0 Å². The van der Waals surface area contributed by atoms with E-state index in [4.69, 9.17) is 9.26 Å². The average molecular weight is 450 g/mol. The molecule has 32 heavy (non-hydrogen) atoms. The molecule has 0 spiro atoms. The van der Waals surface area contributed by atoms with Gasteiger partial charge in [-0.05, 0) is 43.5 Å². The fourth-order valence-electron chi connectivity index (χ4n) is 3.90. The number of thiazole rings is 1. The molecule has 0 aliphatic carbocycles. The molecule has 1 fully saturated rings. The number of hydrogen-bond acceptors (Lipinski definition) is 8. The third-order valence-corrected chi connectivity index (χ3v) is 6.70. The number of aromatic nitrogens is 3. The normalized spacial score (nSPS) is 14.6. The van der Waals surface area contributed by atoms with Crippen molar-refractivity contribution >= 4 is 38.6 Å². The summed E-state index contributed by atoms with van der Waals surface area (Å²) >= 11 is 1.45. The maximum absolute atomic E-state index is 12.8. The van der Waals surface area contributed by atoms with Gasteiger partial charge in [0.2, 0.25) is 11.7 Å². The Kier molecular flexibility index (Phi) is 5.48. The van der Waals surface area contributed by atoms with Gasteiger partial charge < -0.3 is 19.5 Å². The number of hydrogen-bond donors (Lipinski definition) is 1. The molecule has 5 rings (SSSR count). The Labute approximate surface area is 189 Å². The number of benzene rings is 2. The van der Waals surface area contributed by atoms with Gasteiger partial charge in [-0.2, -0.15) is 4.98 Å². The van der Waals surface area contributed by atoms with E-state index in [1.165, 1.54) is 11.3 Å². The molecule has 0 atom stereocenters. The minimum Gasteiger partial charge on any atom is -0.497 e. The first-order chi connectivity index (χ1) is 15.6. The van der Waals surface area contributed by atoms with Crippen LogP contribution < -0.4 is 15.0 Å². The monoisotopic (exact) mass is 449 g/mol. The molecule has 9 heteroatoms. The quantitative estimate of drug-likeness (QED) is 0.479. The molecule has 1 N–H and O–H groups in total. The van der Waals surface area contributed by atoms with Gasteiger partial charge in [0.1, 0.15) is 5.75 Å². The van der Waals surface area contributed by atoms with Crippen LogP contribution >= 0.6 is 11.3 Å². The van der Waals surface area contributed by atoms with E-state index in [1.807, 2.05) is 54.3 Å². The Balaban J connectivity index is 1.20. The second kappa shape index (κ2) is 8.58. The van der Waals surface area contributed by atoms with Crippen LogP contribution in [0.3, 0.4) is 0 Å². The molecular weight excluding hydrogens is 426 g/mol. The smallest absolute Gasteiger partial charge is 0.324 e. The van der Waals surface area contributed by atoms with Gasteiger partial charge in [0.15, 0.2) is 5.13 Å². The number of amides is 1. The SMILES string of the molecule is COc1ccc2nc(NC(=O)C3CCN(c4nc(-c5ccccc5C)no4)CC3)sc2c1. The largest absolute Gasteiger partial charge is 0.497 e.